The molecule has 0 saturated carbocycles. The van der Waals surface area contributed by atoms with Gasteiger partial charge in [0, 0.05) is 6.21 Å². The number of para-hydroxylation sites is 2. The fraction of sp³-hybridized carbons (Fsp3) is 0.190. The number of nitrogens with zero attached hydrogens (tertiary/aromatic N) is 4. The molecular weight excluding hydrogens is 418 g/mol. The minimum Gasteiger partial charge on any atom is -0.340 e. The average Bonchev–Trinajstić information content (AvgIpc) is 3.34. The van der Waals surface area contributed by atoms with Crippen LogP contribution in [-0.4, -0.2) is 46.0 Å². The molecule has 1 amide bonds. The highest BCUT2D eigenvalue weighted by Gasteiger charge is 2.46. The number of ketones is 1. The molecular formula is C21H17N5O2S2. The summed E-state index contributed by atoms with van der Waals surface area (Å²) in [7, 11) is 0. The largest absolute Gasteiger partial charge is 0.340 e. The lowest BCUT2D eigenvalue weighted by Gasteiger charge is -2.36. The molecule has 3 unspecified atom stereocenters. The molecule has 0 spiro atoms. The summed E-state index contributed by atoms with van der Waals surface area (Å²) in [6, 6.07) is 18.2. The number of thioether (sulfide) groups is 1. The molecule has 2 aromatic rings. The molecule has 0 radical (unpaired) electrons. The summed E-state index contributed by atoms with van der Waals surface area (Å²) >= 11 is 6.69. The van der Waals surface area contributed by atoms with Crippen molar-refractivity contribution >= 4 is 63.4 Å². The number of guanidine groups is 1. The van der Waals surface area contributed by atoms with Crippen LogP contribution in [0.1, 0.15) is 0 Å². The van der Waals surface area contributed by atoms with Gasteiger partial charge in [-0.25, -0.2) is 10.0 Å². The summed E-state index contributed by atoms with van der Waals surface area (Å²) in [6.07, 6.45) is 1.11. The number of hydrogen-bond donors (Lipinski definition) is 1. The first-order valence-corrected chi connectivity index (χ1v) is 10.8. The van der Waals surface area contributed by atoms with Gasteiger partial charge in [-0.1, -0.05) is 48.6 Å². The maximum absolute atomic E-state index is 13.5. The Balaban J connectivity index is 1.56. The van der Waals surface area contributed by atoms with E-state index in [1.54, 1.807) is 11.2 Å². The molecule has 0 aliphatic carbocycles. The summed E-state index contributed by atoms with van der Waals surface area (Å²) in [6.45, 7) is 0. The van der Waals surface area contributed by atoms with Gasteiger partial charge in [-0.3, -0.25) is 14.5 Å². The predicted molar refractivity (Wildman–Crippen MR) is 123 cm³/mol. The number of nitrogens with one attached hydrogen (secondary N) is 1. The van der Waals surface area contributed by atoms with Crippen LogP contribution in [-0.2, 0) is 9.59 Å². The van der Waals surface area contributed by atoms with Gasteiger partial charge in [0.25, 0.3) is 0 Å². The van der Waals surface area contributed by atoms with E-state index in [9.17, 15) is 9.59 Å². The van der Waals surface area contributed by atoms with Gasteiger partial charge in [0.1, 0.15) is 12.0 Å². The minimum atomic E-state index is -0.646. The maximum Gasteiger partial charge on any atom is 0.246 e. The first kappa shape index (κ1) is 19.0. The zero-order chi connectivity index (χ0) is 20.7. The molecule has 7 nitrogen and oxygen atoms in total. The molecule has 1 saturated heterocycles. The van der Waals surface area contributed by atoms with E-state index in [0.29, 0.717) is 21.6 Å². The Labute approximate surface area is 182 Å². The number of rotatable bonds is 3. The Kier molecular flexibility index (Phi) is 4.84. The van der Waals surface area contributed by atoms with Gasteiger partial charge in [0.05, 0.1) is 21.3 Å². The second-order valence-corrected chi connectivity index (χ2v) is 8.71. The standard InChI is InChI=1S/C21H17N5O2S2/c27-16-12-30-20(29)17(16)23-21-24-18-15(11-22-26(18)14-9-5-2-6-10-14)19(28)25(21)13-7-3-1-4-8-13/h1-11,15,17-18H,12H2,(H,23,24). The Hall–Kier alpha value is -3.04. The average molecular weight is 436 g/mol. The molecule has 1 fully saturated rings. The number of fused-ring (bicyclic) bond motifs is 1. The van der Waals surface area contributed by atoms with Crippen LogP contribution in [0.2, 0.25) is 0 Å². The highest BCUT2D eigenvalue weighted by molar-refractivity contribution is 8.24. The van der Waals surface area contributed by atoms with E-state index in [0.717, 1.165) is 5.69 Å². The van der Waals surface area contributed by atoms with Crippen LogP contribution in [0.5, 0.6) is 0 Å². The van der Waals surface area contributed by atoms with Crippen molar-refractivity contribution in [2.75, 3.05) is 15.7 Å². The van der Waals surface area contributed by atoms with Gasteiger partial charge < -0.3 is 5.32 Å². The van der Waals surface area contributed by atoms with Crippen molar-refractivity contribution < 1.29 is 9.59 Å². The highest BCUT2D eigenvalue weighted by atomic mass is 32.2. The molecule has 30 heavy (non-hydrogen) atoms. The molecule has 1 N–H and O–H groups in total. The van der Waals surface area contributed by atoms with E-state index in [4.69, 9.17) is 17.2 Å². The molecule has 5 rings (SSSR count). The minimum absolute atomic E-state index is 0.0159. The third-order valence-corrected chi connectivity index (χ3v) is 6.66. The molecule has 0 aromatic heterocycles. The van der Waals surface area contributed by atoms with Crippen LogP contribution in [0.3, 0.4) is 0 Å². The van der Waals surface area contributed by atoms with Crippen molar-refractivity contribution in [3.8, 4) is 0 Å². The molecule has 3 heterocycles. The van der Waals surface area contributed by atoms with Crippen molar-refractivity contribution in [2.45, 2.75) is 12.2 Å². The summed E-state index contributed by atoms with van der Waals surface area (Å²) in [5, 5.41) is 9.33. The Bertz CT molecular complexity index is 1060. The van der Waals surface area contributed by atoms with E-state index >= 15 is 0 Å². The Morgan fingerprint density at radius 1 is 1.00 bits per heavy atom. The SMILES string of the molecule is O=C1CSC(=S)C1NC1=NC2C(C=NN2c2ccccc2)C(=O)N1c1ccccc1. The van der Waals surface area contributed by atoms with Gasteiger partial charge in [0.15, 0.2) is 11.9 Å². The van der Waals surface area contributed by atoms with Crippen LogP contribution >= 0.6 is 24.0 Å². The summed E-state index contributed by atoms with van der Waals surface area (Å²) in [4.78, 5) is 32.2. The van der Waals surface area contributed by atoms with E-state index in [1.807, 2.05) is 60.7 Å². The summed E-state index contributed by atoms with van der Waals surface area (Å²) in [5.74, 6) is -0.0691. The fourth-order valence-electron chi connectivity index (χ4n) is 3.64. The van der Waals surface area contributed by atoms with Crippen molar-refractivity contribution in [1.29, 1.82) is 0 Å². The van der Waals surface area contributed by atoms with Gasteiger partial charge in [-0.2, -0.15) is 5.10 Å². The first-order valence-electron chi connectivity index (χ1n) is 9.44. The highest BCUT2D eigenvalue weighted by Crippen LogP contribution is 2.32. The van der Waals surface area contributed by atoms with Crippen LogP contribution in [0.15, 0.2) is 70.8 Å². The van der Waals surface area contributed by atoms with Gasteiger partial charge in [-0.05, 0) is 24.3 Å². The number of carbonyl (C=O) groups excluding carboxylic acids is 2. The number of hydrazone groups is 1. The lowest BCUT2D eigenvalue weighted by Crippen LogP contribution is -2.59. The molecule has 2 aromatic carbocycles. The fourth-order valence-corrected chi connectivity index (χ4v) is 4.82. The van der Waals surface area contributed by atoms with E-state index in [2.05, 4.69) is 10.4 Å². The molecule has 0 bridgehead atoms. The lowest BCUT2D eigenvalue weighted by atomic mass is 10.0. The molecule has 3 atom stereocenters. The van der Waals surface area contributed by atoms with E-state index < -0.39 is 18.1 Å². The van der Waals surface area contributed by atoms with Crippen molar-refractivity contribution in [3.63, 3.8) is 0 Å². The van der Waals surface area contributed by atoms with Crippen LogP contribution in [0.25, 0.3) is 0 Å². The monoisotopic (exact) mass is 435 g/mol. The predicted octanol–water partition coefficient (Wildman–Crippen LogP) is 2.44. The third kappa shape index (κ3) is 3.20. The molecule has 9 heteroatoms. The van der Waals surface area contributed by atoms with E-state index in [1.165, 1.54) is 16.7 Å². The quantitative estimate of drug-likeness (QED) is 0.747. The number of benzene rings is 2. The number of amides is 1. The number of carbonyl (C=O) groups is 2. The normalized spacial score (nSPS) is 25.5. The van der Waals surface area contributed by atoms with Crippen molar-refractivity contribution in [2.24, 2.45) is 16.0 Å². The second-order valence-electron chi connectivity index (χ2n) is 7.00. The Morgan fingerprint density at radius 3 is 2.30 bits per heavy atom. The van der Waals surface area contributed by atoms with Crippen LogP contribution < -0.4 is 15.2 Å². The van der Waals surface area contributed by atoms with Crippen LogP contribution in [0.4, 0.5) is 11.4 Å². The van der Waals surface area contributed by atoms with Crippen molar-refractivity contribution in [3.05, 3.63) is 60.7 Å². The first-order chi connectivity index (χ1) is 14.6. The summed E-state index contributed by atoms with van der Waals surface area (Å²) < 4.78 is 0.563. The molecule has 150 valence electrons. The number of aliphatic imine (C=N–C) groups is 1. The third-order valence-electron chi connectivity index (χ3n) is 5.12. The molecule has 3 aliphatic rings. The van der Waals surface area contributed by atoms with Crippen LogP contribution in [0, 0.1) is 5.92 Å². The molecule has 3 aliphatic heterocycles. The zero-order valence-electron chi connectivity index (χ0n) is 15.7. The lowest BCUT2D eigenvalue weighted by molar-refractivity contribution is -0.120. The number of anilines is 2. The van der Waals surface area contributed by atoms with E-state index in [-0.39, 0.29) is 11.7 Å². The summed E-state index contributed by atoms with van der Waals surface area (Å²) in [5.41, 5.74) is 1.51. The Morgan fingerprint density at radius 2 is 1.67 bits per heavy atom. The van der Waals surface area contributed by atoms with Gasteiger partial charge >= 0.3 is 0 Å². The van der Waals surface area contributed by atoms with Crippen molar-refractivity contribution in [1.82, 2.24) is 5.32 Å². The van der Waals surface area contributed by atoms with Gasteiger partial charge in [0.2, 0.25) is 11.9 Å². The number of hydrogen-bond acceptors (Lipinski definition) is 8. The smallest absolute Gasteiger partial charge is 0.246 e. The maximum atomic E-state index is 13.5. The topological polar surface area (TPSA) is 77.4 Å². The second kappa shape index (κ2) is 7.66. The zero-order valence-corrected chi connectivity index (χ0v) is 17.3. The number of thiocarbonyl (C=S) groups is 1. The van der Waals surface area contributed by atoms with Gasteiger partial charge in [-0.15, -0.1) is 11.8 Å². The number of Topliss-reactive ketones (excluding diaryl/α,β-unsaturated/α-hetero) is 1.